The number of nitrogens with one attached hydrogen (secondary N) is 1. The maximum atomic E-state index is 11.7. The molecule has 1 aromatic rings. The fourth-order valence-electron chi connectivity index (χ4n) is 1.73. The Morgan fingerprint density at radius 3 is 2.83 bits per heavy atom. The summed E-state index contributed by atoms with van der Waals surface area (Å²) in [5, 5.41) is 11.6. The molecule has 100 valence electrons. The highest BCUT2D eigenvalue weighted by atomic mass is 79.9. The van der Waals surface area contributed by atoms with Crippen LogP contribution in [0, 0.1) is 6.92 Å². The molecule has 0 aromatic heterocycles. The molecule has 0 aliphatic heterocycles. The van der Waals surface area contributed by atoms with Crippen LogP contribution in [0.25, 0.3) is 0 Å². The van der Waals surface area contributed by atoms with Crippen LogP contribution in [0.2, 0.25) is 0 Å². The molecule has 1 atom stereocenters. The van der Waals surface area contributed by atoms with Crippen molar-refractivity contribution in [2.45, 2.75) is 39.2 Å². The Morgan fingerprint density at radius 1 is 1.50 bits per heavy atom. The monoisotopic (exact) mass is 313 g/mol. The van der Waals surface area contributed by atoms with Crippen molar-refractivity contribution in [1.82, 2.24) is 5.32 Å². The molecule has 1 rings (SSSR count). The second-order valence-electron chi connectivity index (χ2n) is 4.56. The Morgan fingerprint density at radius 2 is 2.22 bits per heavy atom. The minimum Gasteiger partial charge on any atom is -0.396 e. The molecule has 1 aromatic carbocycles. The zero-order valence-corrected chi connectivity index (χ0v) is 12.5. The summed E-state index contributed by atoms with van der Waals surface area (Å²) in [6.45, 7) is 4.04. The minimum atomic E-state index is 0.0363. The summed E-state index contributed by atoms with van der Waals surface area (Å²) in [7, 11) is 0. The van der Waals surface area contributed by atoms with Crippen LogP contribution in [0.1, 0.15) is 30.9 Å². The third-order valence-electron chi connectivity index (χ3n) is 2.83. The van der Waals surface area contributed by atoms with Gasteiger partial charge in [0.05, 0.1) is 0 Å². The Kier molecular flexibility index (Phi) is 6.36. The Balaban J connectivity index is 2.40. The quantitative estimate of drug-likeness (QED) is 0.848. The number of benzene rings is 1. The topological polar surface area (TPSA) is 49.3 Å². The van der Waals surface area contributed by atoms with Gasteiger partial charge in [-0.3, -0.25) is 4.79 Å². The van der Waals surface area contributed by atoms with E-state index in [0.29, 0.717) is 12.8 Å². The molecule has 3 nitrogen and oxygen atoms in total. The van der Waals surface area contributed by atoms with Gasteiger partial charge >= 0.3 is 0 Å². The van der Waals surface area contributed by atoms with Gasteiger partial charge in [0.15, 0.2) is 0 Å². The van der Waals surface area contributed by atoms with E-state index < -0.39 is 0 Å². The number of aliphatic hydroxyl groups excluding tert-OH is 1. The first-order valence-electron chi connectivity index (χ1n) is 6.18. The van der Waals surface area contributed by atoms with Crippen molar-refractivity contribution >= 4 is 21.8 Å². The van der Waals surface area contributed by atoms with Crippen molar-refractivity contribution < 1.29 is 9.90 Å². The van der Waals surface area contributed by atoms with Crippen LogP contribution in [-0.4, -0.2) is 23.7 Å². The van der Waals surface area contributed by atoms with Gasteiger partial charge in [-0.1, -0.05) is 28.1 Å². The normalized spacial score (nSPS) is 12.2. The van der Waals surface area contributed by atoms with Crippen molar-refractivity contribution in [1.29, 1.82) is 0 Å². The number of amides is 1. The van der Waals surface area contributed by atoms with E-state index in [1.807, 2.05) is 26.0 Å². The number of halogens is 1. The summed E-state index contributed by atoms with van der Waals surface area (Å²) in [6.07, 6.45) is 1.83. The van der Waals surface area contributed by atoms with E-state index in [4.69, 9.17) is 5.11 Å². The molecule has 18 heavy (non-hydrogen) atoms. The molecular weight excluding hydrogens is 294 g/mol. The largest absolute Gasteiger partial charge is 0.396 e. The lowest BCUT2D eigenvalue weighted by molar-refractivity contribution is -0.121. The van der Waals surface area contributed by atoms with Gasteiger partial charge in [0.2, 0.25) is 5.91 Å². The van der Waals surface area contributed by atoms with Crippen LogP contribution in [0.3, 0.4) is 0 Å². The number of hydrogen-bond donors (Lipinski definition) is 2. The van der Waals surface area contributed by atoms with Gasteiger partial charge in [-0.25, -0.2) is 0 Å². The summed E-state index contributed by atoms with van der Waals surface area (Å²) in [5.41, 5.74) is 2.35. The molecule has 1 amide bonds. The van der Waals surface area contributed by atoms with Crippen molar-refractivity contribution in [3.05, 3.63) is 33.8 Å². The molecule has 0 saturated carbocycles. The molecule has 0 aliphatic carbocycles. The number of carbonyl (C=O) groups excluding carboxylic acids is 1. The number of carbonyl (C=O) groups is 1. The molecule has 2 N–H and O–H groups in total. The number of rotatable bonds is 6. The van der Waals surface area contributed by atoms with Crippen LogP contribution < -0.4 is 5.32 Å². The second kappa shape index (κ2) is 7.54. The summed E-state index contributed by atoms with van der Waals surface area (Å²) in [4.78, 5) is 11.7. The van der Waals surface area contributed by atoms with Crippen LogP contribution in [-0.2, 0) is 11.2 Å². The van der Waals surface area contributed by atoms with Crippen LogP contribution in [0.5, 0.6) is 0 Å². The maximum Gasteiger partial charge on any atom is 0.220 e. The first kappa shape index (κ1) is 15.2. The molecule has 4 heteroatoms. The lowest BCUT2D eigenvalue weighted by Gasteiger charge is -2.12. The van der Waals surface area contributed by atoms with E-state index in [2.05, 4.69) is 27.3 Å². The number of aliphatic hydroxyl groups is 1. The smallest absolute Gasteiger partial charge is 0.220 e. The summed E-state index contributed by atoms with van der Waals surface area (Å²) >= 11 is 3.46. The van der Waals surface area contributed by atoms with E-state index in [1.165, 1.54) is 11.1 Å². The predicted molar refractivity (Wildman–Crippen MR) is 76.5 cm³/mol. The van der Waals surface area contributed by atoms with Gasteiger partial charge in [-0.15, -0.1) is 0 Å². The molecule has 0 fully saturated rings. The fourth-order valence-corrected chi connectivity index (χ4v) is 1.98. The Labute approximate surface area is 117 Å². The van der Waals surface area contributed by atoms with Gasteiger partial charge < -0.3 is 10.4 Å². The molecule has 0 bridgehead atoms. The Hall–Kier alpha value is -0.870. The Bertz CT molecular complexity index is 407. The average Bonchev–Trinajstić information content (AvgIpc) is 2.31. The van der Waals surface area contributed by atoms with Gasteiger partial charge in [-0.05, 0) is 43.9 Å². The highest BCUT2D eigenvalue weighted by Crippen LogP contribution is 2.17. The number of hydrogen-bond acceptors (Lipinski definition) is 2. The van der Waals surface area contributed by atoms with Gasteiger partial charge in [0.25, 0.3) is 0 Å². The highest BCUT2D eigenvalue weighted by Gasteiger charge is 2.07. The highest BCUT2D eigenvalue weighted by molar-refractivity contribution is 9.10. The third kappa shape index (κ3) is 5.19. The third-order valence-corrected chi connectivity index (χ3v) is 3.72. The van der Waals surface area contributed by atoms with Gasteiger partial charge in [0.1, 0.15) is 0 Å². The summed E-state index contributed by atoms with van der Waals surface area (Å²) < 4.78 is 1.09. The lowest BCUT2D eigenvalue weighted by atomic mass is 10.1. The second-order valence-corrected chi connectivity index (χ2v) is 5.42. The van der Waals surface area contributed by atoms with E-state index in [-0.39, 0.29) is 18.6 Å². The average molecular weight is 314 g/mol. The predicted octanol–water partition coefficient (Wildman–Crippen LogP) is 2.58. The molecule has 1 unspecified atom stereocenters. The zero-order chi connectivity index (χ0) is 13.5. The van der Waals surface area contributed by atoms with Gasteiger partial charge in [-0.2, -0.15) is 0 Å². The van der Waals surface area contributed by atoms with Crippen molar-refractivity contribution in [3.63, 3.8) is 0 Å². The summed E-state index contributed by atoms with van der Waals surface area (Å²) in [6, 6.07) is 6.17. The molecule has 0 heterocycles. The minimum absolute atomic E-state index is 0.0363. The van der Waals surface area contributed by atoms with E-state index >= 15 is 0 Å². The van der Waals surface area contributed by atoms with E-state index in [0.717, 1.165) is 10.9 Å². The molecular formula is C14H20BrNO2. The van der Waals surface area contributed by atoms with E-state index in [9.17, 15) is 4.79 Å². The zero-order valence-electron chi connectivity index (χ0n) is 10.9. The fraction of sp³-hybridized carbons (Fsp3) is 0.500. The SMILES string of the molecule is Cc1cc(CCC(=O)NC(C)CCO)ccc1Br. The van der Waals surface area contributed by atoms with Crippen LogP contribution in [0.4, 0.5) is 0 Å². The lowest BCUT2D eigenvalue weighted by Crippen LogP contribution is -2.33. The molecule has 0 saturated heterocycles. The van der Waals surface area contributed by atoms with Crippen LogP contribution >= 0.6 is 15.9 Å². The van der Waals surface area contributed by atoms with Crippen molar-refractivity contribution in [2.75, 3.05) is 6.61 Å². The summed E-state index contributed by atoms with van der Waals surface area (Å²) in [5.74, 6) is 0.0384. The first-order chi connectivity index (χ1) is 8.52. The first-order valence-corrected chi connectivity index (χ1v) is 6.97. The van der Waals surface area contributed by atoms with Gasteiger partial charge in [0, 0.05) is 23.5 Å². The molecule has 0 spiro atoms. The van der Waals surface area contributed by atoms with E-state index in [1.54, 1.807) is 0 Å². The molecule has 0 radical (unpaired) electrons. The number of aryl methyl sites for hydroxylation is 2. The van der Waals surface area contributed by atoms with Crippen molar-refractivity contribution in [2.24, 2.45) is 0 Å². The van der Waals surface area contributed by atoms with Crippen LogP contribution in [0.15, 0.2) is 22.7 Å². The standard InChI is InChI=1S/C14H20BrNO2/c1-10-9-12(3-5-13(10)15)4-6-14(18)16-11(2)7-8-17/h3,5,9,11,17H,4,6-8H2,1-2H3,(H,16,18). The maximum absolute atomic E-state index is 11.7. The molecule has 0 aliphatic rings. The van der Waals surface area contributed by atoms with Crippen molar-refractivity contribution in [3.8, 4) is 0 Å².